The quantitative estimate of drug-likeness (QED) is 0.239. The molecule has 0 aromatic heterocycles. The lowest BCUT2D eigenvalue weighted by molar-refractivity contribution is -0.118. The van der Waals surface area contributed by atoms with E-state index in [9.17, 15) is 23.1 Å². The lowest BCUT2D eigenvalue weighted by atomic mass is 10.2. The molecule has 1 aromatic carbocycles. The number of benzene rings is 1. The Bertz CT molecular complexity index is 706. The molecule has 0 saturated carbocycles. The molecule has 0 bridgehead atoms. The monoisotopic (exact) mass is 419 g/mol. The zero-order valence-corrected chi connectivity index (χ0v) is 17.3. The maximum Gasteiger partial charge on any atom is 0.418 e. The molecule has 9 heteroatoms. The Balaban J connectivity index is 2.77. The third-order valence-corrected chi connectivity index (χ3v) is 6.10. The fourth-order valence-corrected chi connectivity index (χ4v) is 4.32. The van der Waals surface area contributed by atoms with Crippen LogP contribution < -0.4 is 4.90 Å². The maximum atomic E-state index is 12.4. The smallest absolute Gasteiger partial charge is 0.418 e. The number of hydrogen-bond donors (Lipinski definition) is 2. The Hall–Kier alpha value is -1.19. The number of nitrogens with zero attached hydrogens (tertiary/aromatic N) is 1. The van der Waals surface area contributed by atoms with Crippen LogP contribution in [0.25, 0.3) is 0 Å². The predicted octanol–water partition coefficient (Wildman–Crippen LogP) is 4.41. The Labute approximate surface area is 164 Å². The zero-order chi connectivity index (χ0) is 19.6. The molecule has 6 nitrogen and oxygen atoms in total. The van der Waals surface area contributed by atoms with Crippen LogP contribution in [0.15, 0.2) is 29.2 Å². The molecule has 0 heterocycles. The van der Waals surface area contributed by atoms with Crippen molar-refractivity contribution in [3.8, 4) is 0 Å². The minimum atomic E-state index is -3.27. The van der Waals surface area contributed by atoms with Crippen LogP contribution in [0.2, 0.25) is 0 Å². The number of carbonyl (C=O) groups is 2. The van der Waals surface area contributed by atoms with E-state index >= 15 is 0 Å². The summed E-state index contributed by atoms with van der Waals surface area (Å²) in [6, 6.07) is 6.87. The second-order valence-corrected chi connectivity index (χ2v) is 10.2. The molecule has 0 atom stereocenters. The molecule has 0 radical (unpaired) electrons. The molecule has 0 saturated heterocycles. The first-order valence-electron chi connectivity index (χ1n) is 8.49. The highest BCUT2D eigenvalue weighted by Crippen LogP contribution is 2.31. The van der Waals surface area contributed by atoms with Crippen molar-refractivity contribution in [3.05, 3.63) is 24.3 Å². The Morgan fingerprint density at radius 2 is 1.85 bits per heavy atom. The van der Waals surface area contributed by atoms with Crippen LogP contribution >= 0.6 is 23.4 Å². The van der Waals surface area contributed by atoms with Crippen molar-refractivity contribution < 1.29 is 23.1 Å². The van der Waals surface area contributed by atoms with E-state index in [1.54, 1.807) is 24.3 Å². The second kappa shape index (κ2) is 11.5. The van der Waals surface area contributed by atoms with Crippen molar-refractivity contribution in [2.75, 3.05) is 16.4 Å². The van der Waals surface area contributed by atoms with Crippen molar-refractivity contribution in [2.45, 2.75) is 50.3 Å². The van der Waals surface area contributed by atoms with E-state index in [1.165, 1.54) is 11.8 Å². The van der Waals surface area contributed by atoms with E-state index in [-0.39, 0.29) is 12.2 Å². The molecule has 0 aliphatic heterocycles. The normalized spacial score (nSPS) is 11.3. The lowest BCUT2D eigenvalue weighted by Crippen LogP contribution is -2.36. The molecule has 1 rings (SSSR count). The first kappa shape index (κ1) is 22.9. The average molecular weight is 420 g/mol. The van der Waals surface area contributed by atoms with Gasteiger partial charge in [0.2, 0.25) is 5.91 Å². The van der Waals surface area contributed by atoms with Crippen LogP contribution in [0.1, 0.15) is 45.4 Å². The maximum absolute atomic E-state index is 12.4. The van der Waals surface area contributed by atoms with Crippen molar-refractivity contribution in [3.63, 3.8) is 0 Å². The van der Waals surface area contributed by atoms with Gasteiger partial charge < -0.3 is 5.11 Å². The molecule has 1 N–H and O–H groups in total. The summed E-state index contributed by atoms with van der Waals surface area (Å²) in [5, 5.41) is 9.50. The summed E-state index contributed by atoms with van der Waals surface area (Å²) in [7, 11) is -3.27. The highest BCUT2D eigenvalue weighted by molar-refractivity contribution is 8.63. The van der Waals surface area contributed by atoms with Crippen LogP contribution in [-0.4, -0.2) is 37.0 Å². The van der Waals surface area contributed by atoms with Gasteiger partial charge in [-0.05, 0) is 48.8 Å². The van der Waals surface area contributed by atoms with E-state index in [1.807, 2.05) is 6.92 Å². The SMILES string of the molecule is CCCCCC(=O)N(C(=O)O)c1ccccc1SCCCCS(=O)(=O)S. The van der Waals surface area contributed by atoms with Crippen molar-refractivity contribution in [1.29, 1.82) is 0 Å². The number of anilines is 1. The van der Waals surface area contributed by atoms with Gasteiger partial charge in [-0.2, -0.15) is 0 Å². The Morgan fingerprint density at radius 1 is 1.15 bits per heavy atom. The van der Waals surface area contributed by atoms with Crippen LogP contribution in [0.5, 0.6) is 0 Å². The highest BCUT2D eigenvalue weighted by atomic mass is 33.1. The number of unbranched alkanes of at least 4 members (excludes halogenated alkanes) is 3. The second-order valence-electron chi connectivity index (χ2n) is 5.78. The molecule has 1 aromatic rings. The number of para-hydroxylation sites is 1. The van der Waals surface area contributed by atoms with Gasteiger partial charge in [0.15, 0.2) is 8.87 Å². The number of hydrogen-bond acceptors (Lipinski definition) is 5. The topological polar surface area (TPSA) is 91.8 Å². The number of thioether (sulfide) groups is 1. The molecule has 0 fully saturated rings. The molecule has 0 aliphatic carbocycles. The molecule has 0 spiro atoms. The van der Waals surface area contributed by atoms with Gasteiger partial charge in [-0.1, -0.05) is 31.9 Å². The lowest BCUT2D eigenvalue weighted by Gasteiger charge is -2.20. The highest BCUT2D eigenvalue weighted by Gasteiger charge is 2.24. The van der Waals surface area contributed by atoms with Gasteiger partial charge in [0, 0.05) is 11.3 Å². The number of amides is 2. The summed E-state index contributed by atoms with van der Waals surface area (Å²) in [5.41, 5.74) is 0.355. The minimum absolute atomic E-state index is 0.00941. The van der Waals surface area contributed by atoms with E-state index in [2.05, 4.69) is 11.7 Å². The average Bonchev–Trinajstić information content (AvgIpc) is 2.55. The first-order valence-corrected chi connectivity index (χ1v) is 12.2. The van der Waals surface area contributed by atoms with Crippen LogP contribution in [-0.2, 0) is 13.7 Å². The van der Waals surface area contributed by atoms with Crippen molar-refractivity contribution >= 4 is 50.0 Å². The first-order chi connectivity index (χ1) is 12.3. The minimum Gasteiger partial charge on any atom is -0.464 e. The Kier molecular flexibility index (Phi) is 10.1. The number of imide groups is 1. The molecular weight excluding hydrogens is 394 g/mol. The standard InChI is InChI=1S/C17H25NO5S3/c1-2-3-4-11-16(19)18(17(20)21)14-9-5-6-10-15(14)25-12-7-8-13-26(22,23)24/h5-6,9-10H,2-4,7-8,11-13H2,1H3,(H,20,21)(H,22,23,24). The van der Waals surface area contributed by atoms with Gasteiger partial charge in [-0.25, -0.2) is 18.1 Å². The fourth-order valence-electron chi connectivity index (χ4n) is 2.31. The van der Waals surface area contributed by atoms with E-state index < -0.39 is 20.9 Å². The van der Waals surface area contributed by atoms with Gasteiger partial charge >= 0.3 is 6.09 Å². The molecule has 2 amide bonds. The molecule has 26 heavy (non-hydrogen) atoms. The third kappa shape index (κ3) is 8.46. The van der Waals surface area contributed by atoms with Gasteiger partial charge in [0.25, 0.3) is 0 Å². The number of carboxylic acid groups (broad SMARTS) is 1. The fraction of sp³-hybridized carbons (Fsp3) is 0.529. The summed E-state index contributed by atoms with van der Waals surface area (Å²) in [4.78, 5) is 25.5. The van der Waals surface area contributed by atoms with Crippen LogP contribution in [0, 0.1) is 0 Å². The Morgan fingerprint density at radius 3 is 2.46 bits per heavy atom. The molecule has 146 valence electrons. The largest absolute Gasteiger partial charge is 0.464 e. The van der Waals surface area contributed by atoms with Gasteiger partial charge in [-0.3, -0.25) is 4.79 Å². The van der Waals surface area contributed by atoms with Crippen LogP contribution in [0.4, 0.5) is 10.5 Å². The number of carbonyl (C=O) groups excluding carboxylic acids is 1. The van der Waals surface area contributed by atoms with Crippen molar-refractivity contribution in [1.82, 2.24) is 0 Å². The van der Waals surface area contributed by atoms with Crippen molar-refractivity contribution in [2.24, 2.45) is 0 Å². The van der Waals surface area contributed by atoms with Gasteiger partial charge in [-0.15, -0.1) is 11.8 Å². The zero-order valence-electron chi connectivity index (χ0n) is 14.8. The predicted molar refractivity (Wildman–Crippen MR) is 109 cm³/mol. The molecule has 0 unspecified atom stereocenters. The van der Waals surface area contributed by atoms with E-state index in [0.29, 0.717) is 35.6 Å². The summed E-state index contributed by atoms with van der Waals surface area (Å²) >= 11 is 4.92. The van der Waals surface area contributed by atoms with E-state index in [0.717, 1.165) is 17.7 Å². The summed E-state index contributed by atoms with van der Waals surface area (Å²) < 4.78 is 22.0. The summed E-state index contributed by atoms with van der Waals surface area (Å²) in [6.07, 6.45) is 2.53. The number of thiol groups is 1. The van der Waals surface area contributed by atoms with E-state index in [4.69, 9.17) is 0 Å². The molecular formula is C17H25NO5S3. The number of rotatable bonds is 11. The van der Waals surface area contributed by atoms with Crippen LogP contribution in [0.3, 0.4) is 0 Å². The van der Waals surface area contributed by atoms with Gasteiger partial charge in [0.1, 0.15) is 0 Å². The molecule has 0 aliphatic rings. The van der Waals surface area contributed by atoms with Gasteiger partial charge in [0.05, 0.1) is 11.4 Å². The summed E-state index contributed by atoms with van der Waals surface area (Å²) in [6.45, 7) is 2.02. The third-order valence-electron chi connectivity index (χ3n) is 3.60. The summed E-state index contributed by atoms with van der Waals surface area (Å²) in [5.74, 6) is 0.202.